The van der Waals surface area contributed by atoms with Crippen molar-refractivity contribution in [3.8, 4) is 0 Å². The quantitative estimate of drug-likeness (QED) is 0.237. The summed E-state index contributed by atoms with van der Waals surface area (Å²) in [4.78, 5) is 16.8. The fourth-order valence-electron chi connectivity index (χ4n) is 2.42. The lowest BCUT2D eigenvalue weighted by molar-refractivity contribution is -0.352. The highest BCUT2D eigenvalue weighted by Gasteiger charge is 2.52. The fourth-order valence-corrected chi connectivity index (χ4v) is 5.10. The van der Waals surface area contributed by atoms with Gasteiger partial charge in [0, 0.05) is 19.4 Å². The molecule has 0 aliphatic rings. The minimum atomic E-state index is -3.55. The van der Waals surface area contributed by atoms with E-state index in [1.54, 1.807) is 32.8 Å². The summed E-state index contributed by atoms with van der Waals surface area (Å²) in [5.41, 5.74) is -1.07. The maximum absolute atomic E-state index is 13.6. The zero-order chi connectivity index (χ0) is 20.1. The Morgan fingerprint density at radius 3 is 1.68 bits per heavy atom. The van der Waals surface area contributed by atoms with Gasteiger partial charge in [-0.1, -0.05) is 20.8 Å². The van der Waals surface area contributed by atoms with Gasteiger partial charge >= 0.3 is 7.60 Å². The molecule has 0 aromatic heterocycles. The van der Waals surface area contributed by atoms with Crippen molar-refractivity contribution < 1.29 is 28.0 Å². The molecule has 0 heterocycles. The Labute approximate surface area is 152 Å². The van der Waals surface area contributed by atoms with Gasteiger partial charge in [0.05, 0.1) is 13.2 Å². The molecule has 0 saturated carbocycles. The Kier molecular flexibility index (Phi) is 8.79. The highest BCUT2D eigenvalue weighted by molar-refractivity contribution is 7.54. The lowest BCUT2D eigenvalue weighted by atomic mass is 9.94. The van der Waals surface area contributed by atoms with E-state index in [2.05, 4.69) is 0 Å². The second-order valence-corrected chi connectivity index (χ2v) is 10.4. The van der Waals surface area contributed by atoms with Crippen LogP contribution in [0.4, 0.5) is 0 Å². The highest BCUT2D eigenvalue weighted by Crippen LogP contribution is 2.61. The van der Waals surface area contributed by atoms with E-state index in [0.717, 1.165) is 0 Å². The molecule has 0 fully saturated rings. The standard InChI is InChI=1S/C17H36NO6P/c1-11-22-25(20,23-12-2)14(15(3,4)5)18(16(6,7)8)24-17(9,10)21-13-19/h13-14H,11-12H2,1-10H3. The third-order valence-corrected chi connectivity index (χ3v) is 6.05. The summed E-state index contributed by atoms with van der Waals surface area (Å²) in [7, 11) is -3.55. The van der Waals surface area contributed by atoms with Gasteiger partial charge in [-0.15, -0.1) is 0 Å². The van der Waals surface area contributed by atoms with Gasteiger partial charge in [-0.2, -0.15) is 5.06 Å². The minimum absolute atomic E-state index is 0.246. The molecule has 7 nitrogen and oxygen atoms in total. The third kappa shape index (κ3) is 7.35. The van der Waals surface area contributed by atoms with Gasteiger partial charge in [0.25, 0.3) is 6.47 Å². The summed E-state index contributed by atoms with van der Waals surface area (Å²) < 4.78 is 29.9. The first kappa shape index (κ1) is 24.5. The molecule has 0 rings (SSSR count). The molecule has 0 radical (unpaired) electrons. The van der Waals surface area contributed by atoms with Crippen molar-refractivity contribution >= 4 is 14.1 Å². The molecule has 0 aliphatic heterocycles. The van der Waals surface area contributed by atoms with Crippen LogP contribution >= 0.6 is 7.60 Å². The Bertz CT molecular complexity index is 457. The molecule has 25 heavy (non-hydrogen) atoms. The van der Waals surface area contributed by atoms with Gasteiger partial charge in [0.2, 0.25) is 5.79 Å². The first-order valence-corrected chi connectivity index (χ1v) is 10.2. The van der Waals surface area contributed by atoms with Gasteiger partial charge in [0.15, 0.2) is 0 Å². The van der Waals surface area contributed by atoms with Crippen molar-refractivity contribution in [2.75, 3.05) is 13.2 Å². The predicted octanol–water partition coefficient (Wildman–Crippen LogP) is 4.57. The molecule has 0 bridgehead atoms. The summed E-state index contributed by atoms with van der Waals surface area (Å²) in [6, 6.07) is 0. The zero-order valence-corrected chi connectivity index (χ0v) is 18.3. The number of hydrogen-bond acceptors (Lipinski definition) is 7. The molecule has 1 unspecified atom stereocenters. The van der Waals surface area contributed by atoms with Crippen molar-refractivity contribution in [2.24, 2.45) is 5.41 Å². The van der Waals surface area contributed by atoms with E-state index in [9.17, 15) is 9.36 Å². The first-order chi connectivity index (χ1) is 11.1. The molecule has 0 N–H and O–H groups in total. The monoisotopic (exact) mass is 381 g/mol. The number of carbonyl (C=O) groups is 1. The summed E-state index contributed by atoms with van der Waals surface area (Å²) in [6.45, 7) is 19.2. The van der Waals surface area contributed by atoms with Crippen molar-refractivity contribution in [3.05, 3.63) is 0 Å². The first-order valence-electron chi connectivity index (χ1n) is 8.63. The molecule has 0 aromatic rings. The van der Waals surface area contributed by atoms with Crippen LogP contribution < -0.4 is 0 Å². The largest absolute Gasteiger partial charge is 0.434 e. The van der Waals surface area contributed by atoms with E-state index in [4.69, 9.17) is 18.6 Å². The molecule has 150 valence electrons. The molecule has 0 amide bonds. The van der Waals surface area contributed by atoms with E-state index in [1.807, 2.05) is 41.5 Å². The van der Waals surface area contributed by atoms with Gasteiger partial charge in [-0.25, -0.2) is 0 Å². The second-order valence-electron chi connectivity index (χ2n) is 8.32. The molecular weight excluding hydrogens is 345 g/mol. The van der Waals surface area contributed by atoms with Crippen LogP contribution in [0.3, 0.4) is 0 Å². The van der Waals surface area contributed by atoms with Gasteiger partial charge in [-0.3, -0.25) is 14.2 Å². The predicted molar refractivity (Wildman–Crippen MR) is 98.0 cm³/mol. The van der Waals surface area contributed by atoms with Crippen LogP contribution in [0.2, 0.25) is 0 Å². The number of carbonyl (C=O) groups excluding carboxylic acids is 1. The van der Waals surface area contributed by atoms with E-state index < -0.39 is 30.1 Å². The fraction of sp³-hybridized carbons (Fsp3) is 0.941. The Balaban J connectivity index is 6.22. The van der Waals surface area contributed by atoms with Crippen molar-refractivity contribution in [2.45, 2.75) is 86.3 Å². The van der Waals surface area contributed by atoms with Crippen LogP contribution in [0, 0.1) is 5.41 Å². The van der Waals surface area contributed by atoms with Crippen LogP contribution in [0.15, 0.2) is 0 Å². The Morgan fingerprint density at radius 1 is 0.960 bits per heavy atom. The molecule has 0 saturated heterocycles. The van der Waals surface area contributed by atoms with E-state index in [0.29, 0.717) is 6.47 Å². The summed E-state index contributed by atoms with van der Waals surface area (Å²) in [6.07, 6.45) is 0. The smallest absolute Gasteiger partial charge is 0.350 e. The SMILES string of the molecule is CCOP(=O)(OCC)C(N(OC(C)(C)OC=O)C(C)(C)C)C(C)(C)C. The highest BCUT2D eigenvalue weighted by atomic mass is 31.2. The lowest BCUT2D eigenvalue weighted by Crippen LogP contribution is -2.56. The minimum Gasteiger partial charge on any atom is -0.434 e. The second kappa shape index (κ2) is 8.96. The summed E-state index contributed by atoms with van der Waals surface area (Å²) >= 11 is 0. The summed E-state index contributed by atoms with van der Waals surface area (Å²) in [5, 5.41) is 1.59. The van der Waals surface area contributed by atoms with Crippen molar-refractivity contribution in [1.29, 1.82) is 0 Å². The van der Waals surface area contributed by atoms with Crippen LogP contribution in [-0.2, 0) is 28.0 Å². The molecule has 0 spiro atoms. The average molecular weight is 381 g/mol. The Hall–Kier alpha value is -0.460. The topological polar surface area (TPSA) is 74.3 Å². The van der Waals surface area contributed by atoms with Crippen LogP contribution in [-0.4, -0.2) is 41.9 Å². The molecule has 0 aliphatic carbocycles. The van der Waals surface area contributed by atoms with Gasteiger partial charge in [0.1, 0.15) is 5.78 Å². The maximum Gasteiger partial charge on any atom is 0.350 e. The van der Waals surface area contributed by atoms with Gasteiger partial charge in [-0.05, 0) is 40.0 Å². The van der Waals surface area contributed by atoms with E-state index in [-0.39, 0.29) is 13.2 Å². The molecule has 8 heteroatoms. The maximum atomic E-state index is 13.6. The number of rotatable bonds is 10. The van der Waals surface area contributed by atoms with E-state index >= 15 is 0 Å². The average Bonchev–Trinajstić information content (AvgIpc) is 2.35. The molecule has 1 atom stereocenters. The van der Waals surface area contributed by atoms with Crippen molar-refractivity contribution in [1.82, 2.24) is 5.06 Å². The third-order valence-electron chi connectivity index (χ3n) is 3.23. The van der Waals surface area contributed by atoms with E-state index in [1.165, 1.54) is 0 Å². The van der Waals surface area contributed by atoms with Crippen molar-refractivity contribution in [3.63, 3.8) is 0 Å². The number of ether oxygens (including phenoxy) is 1. The normalized spacial score (nSPS) is 15.3. The zero-order valence-electron chi connectivity index (χ0n) is 17.4. The van der Waals surface area contributed by atoms with Crippen LogP contribution in [0.25, 0.3) is 0 Å². The molecule has 0 aromatic carbocycles. The van der Waals surface area contributed by atoms with Crippen LogP contribution in [0.1, 0.15) is 69.2 Å². The summed E-state index contributed by atoms with van der Waals surface area (Å²) in [5.74, 6) is -1.95. The van der Waals surface area contributed by atoms with Gasteiger partial charge < -0.3 is 13.8 Å². The number of nitrogens with zero attached hydrogens (tertiary/aromatic N) is 1. The Morgan fingerprint density at radius 2 is 1.40 bits per heavy atom. The molecular formula is C17H36NO6P. The van der Waals surface area contributed by atoms with Crippen LogP contribution in [0.5, 0.6) is 0 Å². The number of hydrogen-bond donors (Lipinski definition) is 0. The number of hydroxylamine groups is 2. The lowest BCUT2D eigenvalue weighted by Gasteiger charge is -2.49.